The molecule has 1 saturated carbocycles. The fraction of sp³-hybridized carbons (Fsp3) is 0.455. The van der Waals surface area contributed by atoms with Gasteiger partial charge in [-0.25, -0.2) is 4.98 Å². The summed E-state index contributed by atoms with van der Waals surface area (Å²) in [5, 5.41) is 0. The lowest BCUT2D eigenvalue weighted by atomic mass is 9.94. The fourth-order valence-corrected chi connectivity index (χ4v) is 4.36. The van der Waals surface area contributed by atoms with Crippen molar-refractivity contribution in [1.82, 2.24) is 9.88 Å². The Morgan fingerprint density at radius 1 is 1.08 bits per heavy atom. The maximum Gasteiger partial charge on any atom is 0.257 e. The minimum absolute atomic E-state index is 0.100. The van der Waals surface area contributed by atoms with Crippen LogP contribution in [-0.2, 0) is 6.42 Å². The zero-order valence-electron chi connectivity index (χ0n) is 15.5. The molecule has 1 aromatic heterocycles. The molecule has 1 fully saturated rings. The van der Waals surface area contributed by atoms with Gasteiger partial charge in [0.1, 0.15) is 5.82 Å². The number of amides is 1. The number of aromatic nitrogens is 1. The number of rotatable bonds is 3. The number of anilines is 2. The molecular weight excluding hydrogens is 322 g/mol. The number of aryl methyl sites for hydroxylation is 1. The summed E-state index contributed by atoms with van der Waals surface area (Å²) in [6.45, 7) is 0.904. The van der Waals surface area contributed by atoms with Crippen LogP contribution in [0.4, 0.5) is 11.5 Å². The Morgan fingerprint density at radius 2 is 1.88 bits per heavy atom. The van der Waals surface area contributed by atoms with Crippen LogP contribution in [0.15, 0.2) is 42.6 Å². The van der Waals surface area contributed by atoms with E-state index >= 15 is 0 Å². The summed E-state index contributed by atoms with van der Waals surface area (Å²) in [7, 11) is 1.96. The average molecular weight is 349 g/mol. The van der Waals surface area contributed by atoms with Gasteiger partial charge in [-0.15, -0.1) is 0 Å². The second-order valence-electron chi connectivity index (χ2n) is 7.47. The van der Waals surface area contributed by atoms with E-state index in [0.29, 0.717) is 6.04 Å². The van der Waals surface area contributed by atoms with Crippen molar-refractivity contribution in [2.24, 2.45) is 0 Å². The zero-order chi connectivity index (χ0) is 17.9. The topological polar surface area (TPSA) is 36.4 Å². The Hall–Kier alpha value is -2.36. The molecule has 2 aromatic rings. The van der Waals surface area contributed by atoms with E-state index in [1.807, 2.05) is 24.1 Å². The quantitative estimate of drug-likeness (QED) is 0.814. The summed E-state index contributed by atoms with van der Waals surface area (Å²) in [6, 6.07) is 12.6. The van der Waals surface area contributed by atoms with Crippen molar-refractivity contribution in [2.75, 3.05) is 18.5 Å². The summed E-state index contributed by atoms with van der Waals surface area (Å²) in [6.07, 6.45) is 9.94. The number of nitrogens with zero attached hydrogens (tertiary/aromatic N) is 3. The third kappa shape index (κ3) is 3.20. The normalized spacial score (nSPS) is 17.7. The molecule has 1 aliphatic carbocycles. The number of hydrogen-bond acceptors (Lipinski definition) is 3. The highest BCUT2D eigenvalue weighted by Crippen LogP contribution is 2.34. The van der Waals surface area contributed by atoms with E-state index in [9.17, 15) is 4.79 Å². The lowest BCUT2D eigenvalue weighted by Crippen LogP contribution is -2.39. The smallest absolute Gasteiger partial charge is 0.257 e. The van der Waals surface area contributed by atoms with E-state index in [1.165, 1.54) is 30.5 Å². The van der Waals surface area contributed by atoms with Crippen LogP contribution in [0.5, 0.6) is 0 Å². The van der Waals surface area contributed by atoms with Crippen LogP contribution in [0.3, 0.4) is 0 Å². The molecule has 1 amide bonds. The van der Waals surface area contributed by atoms with E-state index in [4.69, 9.17) is 0 Å². The molecule has 4 heteroatoms. The molecule has 1 aromatic carbocycles. The Kier molecular flexibility index (Phi) is 4.91. The maximum atomic E-state index is 13.3. The molecule has 0 bridgehead atoms. The SMILES string of the molecule is CN(C(=O)c1cccnc1N1CCCc2ccccc21)C1CCCCC1. The van der Waals surface area contributed by atoms with Gasteiger partial charge in [0.15, 0.2) is 0 Å². The molecule has 0 spiro atoms. The monoisotopic (exact) mass is 349 g/mol. The molecular formula is C22H27N3O. The van der Waals surface area contributed by atoms with Gasteiger partial charge in [-0.05, 0) is 49.4 Å². The molecule has 4 nitrogen and oxygen atoms in total. The van der Waals surface area contributed by atoms with Gasteiger partial charge in [0.05, 0.1) is 5.56 Å². The average Bonchev–Trinajstić information content (AvgIpc) is 2.73. The summed E-state index contributed by atoms with van der Waals surface area (Å²) >= 11 is 0. The highest BCUT2D eigenvalue weighted by atomic mass is 16.2. The molecule has 4 rings (SSSR count). The van der Waals surface area contributed by atoms with Crippen LogP contribution >= 0.6 is 0 Å². The number of fused-ring (bicyclic) bond motifs is 1. The van der Waals surface area contributed by atoms with Gasteiger partial charge in [0.25, 0.3) is 5.91 Å². The van der Waals surface area contributed by atoms with Crippen molar-refractivity contribution in [3.05, 3.63) is 53.7 Å². The fourth-order valence-electron chi connectivity index (χ4n) is 4.36. The predicted molar refractivity (Wildman–Crippen MR) is 105 cm³/mol. The van der Waals surface area contributed by atoms with Crippen molar-refractivity contribution < 1.29 is 4.79 Å². The van der Waals surface area contributed by atoms with Crippen molar-refractivity contribution in [3.8, 4) is 0 Å². The minimum atomic E-state index is 0.100. The van der Waals surface area contributed by atoms with Crippen molar-refractivity contribution in [1.29, 1.82) is 0 Å². The lowest BCUT2D eigenvalue weighted by Gasteiger charge is -2.34. The summed E-state index contributed by atoms with van der Waals surface area (Å²) < 4.78 is 0. The number of benzene rings is 1. The Morgan fingerprint density at radius 3 is 2.73 bits per heavy atom. The molecule has 136 valence electrons. The van der Waals surface area contributed by atoms with Crippen LogP contribution in [-0.4, -0.2) is 35.4 Å². The molecule has 1 aliphatic heterocycles. The van der Waals surface area contributed by atoms with Gasteiger partial charge in [-0.2, -0.15) is 0 Å². The largest absolute Gasteiger partial charge is 0.339 e. The lowest BCUT2D eigenvalue weighted by molar-refractivity contribution is 0.0696. The summed E-state index contributed by atoms with van der Waals surface area (Å²) in [5.41, 5.74) is 3.24. The van der Waals surface area contributed by atoms with E-state index in [0.717, 1.165) is 43.6 Å². The highest BCUT2D eigenvalue weighted by Gasteiger charge is 2.28. The maximum absolute atomic E-state index is 13.3. The first-order valence-electron chi connectivity index (χ1n) is 9.83. The number of pyridine rings is 1. The third-order valence-electron chi connectivity index (χ3n) is 5.83. The molecule has 2 aliphatic rings. The first-order chi connectivity index (χ1) is 12.8. The minimum Gasteiger partial charge on any atom is -0.339 e. The Labute approximate surface area is 155 Å². The van der Waals surface area contributed by atoms with Gasteiger partial charge in [0, 0.05) is 31.5 Å². The third-order valence-corrected chi connectivity index (χ3v) is 5.83. The highest BCUT2D eigenvalue weighted by molar-refractivity contribution is 5.99. The van der Waals surface area contributed by atoms with E-state index in [1.54, 1.807) is 6.20 Å². The molecule has 2 heterocycles. The molecule has 0 N–H and O–H groups in total. The molecule has 26 heavy (non-hydrogen) atoms. The molecule has 0 saturated heterocycles. The first-order valence-corrected chi connectivity index (χ1v) is 9.83. The van der Waals surface area contributed by atoms with Gasteiger partial charge in [0.2, 0.25) is 0 Å². The van der Waals surface area contributed by atoms with Crippen molar-refractivity contribution >= 4 is 17.4 Å². The van der Waals surface area contributed by atoms with Gasteiger partial charge < -0.3 is 9.80 Å². The summed E-state index contributed by atoms with van der Waals surface area (Å²) in [5.74, 6) is 0.898. The Balaban J connectivity index is 1.66. The number of hydrogen-bond donors (Lipinski definition) is 0. The van der Waals surface area contributed by atoms with Crippen LogP contribution in [0, 0.1) is 0 Å². The van der Waals surface area contributed by atoms with E-state index < -0.39 is 0 Å². The molecule has 0 atom stereocenters. The van der Waals surface area contributed by atoms with Crippen LogP contribution < -0.4 is 4.90 Å². The van der Waals surface area contributed by atoms with E-state index in [2.05, 4.69) is 34.1 Å². The molecule has 0 unspecified atom stereocenters. The molecule has 0 radical (unpaired) electrons. The van der Waals surface area contributed by atoms with Gasteiger partial charge in [-0.1, -0.05) is 37.5 Å². The predicted octanol–water partition coefficient (Wildman–Crippen LogP) is 4.57. The van der Waals surface area contributed by atoms with E-state index in [-0.39, 0.29) is 5.91 Å². The van der Waals surface area contributed by atoms with Crippen LogP contribution in [0.1, 0.15) is 54.4 Å². The van der Waals surface area contributed by atoms with Crippen molar-refractivity contribution in [3.63, 3.8) is 0 Å². The second kappa shape index (κ2) is 7.48. The number of carbonyl (C=O) groups is 1. The van der Waals surface area contributed by atoms with Crippen LogP contribution in [0.2, 0.25) is 0 Å². The number of para-hydroxylation sites is 1. The first kappa shape index (κ1) is 17.1. The van der Waals surface area contributed by atoms with Crippen molar-refractivity contribution in [2.45, 2.75) is 51.0 Å². The van der Waals surface area contributed by atoms with Gasteiger partial charge in [-0.3, -0.25) is 4.79 Å². The summed E-state index contributed by atoms with van der Waals surface area (Å²) in [4.78, 5) is 22.1. The second-order valence-corrected chi connectivity index (χ2v) is 7.47. The van der Waals surface area contributed by atoms with Gasteiger partial charge >= 0.3 is 0 Å². The zero-order valence-corrected chi connectivity index (χ0v) is 15.5. The standard InChI is InChI=1S/C22H27N3O/c1-24(18-11-3-2-4-12-18)22(26)19-13-7-15-23-21(19)25-16-8-10-17-9-5-6-14-20(17)25/h5-7,9,13-15,18H,2-4,8,10-12,16H2,1H3. The Bertz CT molecular complexity index is 782. The number of carbonyl (C=O) groups excluding carboxylic acids is 1. The van der Waals surface area contributed by atoms with Crippen LogP contribution in [0.25, 0.3) is 0 Å².